The lowest BCUT2D eigenvalue weighted by Crippen LogP contribution is -2.26. The molecule has 0 heteroatoms. The van der Waals surface area contributed by atoms with Crippen LogP contribution in [-0.4, -0.2) is 0 Å². The average molecular weight is 202 g/mol. The summed E-state index contributed by atoms with van der Waals surface area (Å²) in [7, 11) is 0. The summed E-state index contributed by atoms with van der Waals surface area (Å²) in [6, 6.07) is 9.19. The summed E-state index contributed by atoms with van der Waals surface area (Å²) >= 11 is 0. The number of rotatable bonds is 2. The van der Waals surface area contributed by atoms with E-state index < -0.39 is 0 Å². The minimum atomic E-state index is 0.402. The number of hydrogen-bond donors (Lipinski definition) is 0. The molecule has 0 heterocycles. The van der Waals surface area contributed by atoms with Crippen molar-refractivity contribution >= 4 is 0 Å². The molecule has 0 amide bonds. The highest BCUT2D eigenvalue weighted by Gasteiger charge is 2.52. The van der Waals surface area contributed by atoms with E-state index in [2.05, 4.69) is 52.0 Å². The van der Waals surface area contributed by atoms with Gasteiger partial charge >= 0.3 is 0 Å². The van der Waals surface area contributed by atoms with Crippen molar-refractivity contribution in [3.8, 4) is 0 Å². The van der Waals surface area contributed by atoms with Crippen LogP contribution in [0.5, 0.6) is 0 Å². The fourth-order valence-electron chi connectivity index (χ4n) is 2.69. The van der Waals surface area contributed by atoms with E-state index in [4.69, 9.17) is 0 Å². The van der Waals surface area contributed by atoms with E-state index in [9.17, 15) is 0 Å². The lowest BCUT2D eigenvalue weighted by molar-refractivity contribution is 0.298. The van der Waals surface area contributed by atoms with Gasteiger partial charge < -0.3 is 0 Å². The van der Waals surface area contributed by atoms with Crippen LogP contribution in [0, 0.1) is 5.41 Å². The van der Waals surface area contributed by atoms with Crippen molar-refractivity contribution in [2.75, 3.05) is 0 Å². The molecule has 1 aromatic carbocycles. The molecule has 0 unspecified atom stereocenters. The van der Waals surface area contributed by atoms with Gasteiger partial charge in [0.15, 0.2) is 0 Å². The Bertz CT molecular complexity index is 351. The van der Waals surface area contributed by atoms with Gasteiger partial charge in [-0.15, -0.1) is 0 Å². The molecule has 0 aliphatic heterocycles. The van der Waals surface area contributed by atoms with Gasteiger partial charge in [0.1, 0.15) is 0 Å². The van der Waals surface area contributed by atoms with Crippen molar-refractivity contribution < 1.29 is 0 Å². The normalized spacial score (nSPS) is 18.9. The fraction of sp³-hybridized carbons (Fsp3) is 0.600. The van der Waals surface area contributed by atoms with Crippen molar-refractivity contribution in [3.05, 3.63) is 35.4 Å². The molecule has 1 aliphatic rings. The highest BCUT2D eigenvalue weighted by molar-refractivity contribution is 5.36. The van der Waals surface area contributed by atoms with Crippen LogP contribution in [0.4, 0.5) is 0 Å². The van der Waals surface area contributed by atoms with Gasteiger partial charge in [0.05, 0.1) is 0 Å². The Morgan fingerprint density at radius 2 is 1.87 bits per heavy atom. The minimum Gasteiger partial charge on any atom is -0.0617 e. The lowest BCUT2D eigenvalue weighted by atomic mass is 9.73. The number of aryl methyl sites for hydroxylation is 1. The summed E-state index contributed by atoms with van der Waals surface area (Å²) in [6.07, 6.45) is 3.88. The SMILES string of the molecule is CCc1cccc(C2(C(C)(C)C)CC2)c1. The first kappa shape index (κ1) is 10.7. The third-order valence-corrected chi connectivity index (χ3v) is 4.07. The zero-order valence-electron chi connectivity index (χ0n) is 10.4. The van der Waals surface area contributed by atoms with Crippen LogP contribution >= 0.6 is 0 Å². The van der Waals surface area contributed by atoms with Crippen LogP contribution in [-0.2, 0) is 11.8 Å². The van der Waals surface area contributed by atoms with E-state index in [1.165, 1.54) is 18.4 Å². The van der Waals surface area contributed by atoms with Gasteiger partial charge in [0, 0.05) is 5.41 Å². The number of hydrogen-bond acceptors (Lipinski definition) is 0. The van der Waals surface area contributed by atoms with E-state index >= 15 is 0 Å². The molecule has 1 saturated carbocycles. The summed E-state index contributed by atoms with van der Waals surface area (Å²) in [4.78, 5) is 0. The molecule has 1 fully saturated rings. The number of benzene rings is 1. The van der Waals surface area contributed by atoms with Gasteiger partial charge in [-0.05, 0) is 35.8 Å². The Hall–Kier alpha value is -0.780. The molecule has 0 bridgehead atoms. The molecule has 0 N–H and O–H groups in total. The predicted molar refractivity (Wildman–Crippen MR) is 66.2 cm³/mol. The summed E-state index contributed by atoms with van der Waals surface area (Å²) in [5.74, 6) is 0. The van der Waals surface area contributed by atoms with Gasteiger partial charge in [0.25, 0.3) is 0 Å². The molecule has 0 spiro atoms. The van der Waals surface area contributed by atoms with Crippen molar-refractivity contribution in [1.29, 1.82) is 0 Å². The van der Waals surface area contributed by atoms with Crippen molar-refractivity contribution in [2.45, 2.75) is 52.4 Å². The highest BCUT2D eigenvalue weighted by Crippen LogP contribution is 2.59. The van der Waals surface area contributed by atoms with E-state index in [1.807, 2.05) is 0 Å². The van der Waals surface area contributed by atoms with Crippen LogP contribution in [0.25, 0.3) is 0 Å². The molecule has 0 aromatic heterocycles. The maximum absolute atomic E-state index is 2.41. The third-order valence-electron chi connectivity index (χ3n) is 4.07. The molecular formula is C15H22. The predicted octanol–water partition coefficient (Wildman–Crippen LogP) is 4.33. The second-order valence-electron chi connectivity index (χ2n) is 5.89. The molecule has 82 valence electrons. The first-order chi connectivity index (χ1) is 6.99. The van der Waals surface area contributed by atoms with E-state index in [1.54, 1.807) is 5.56 Å². The molecule has 0 atom stereocenters. The summed E-state index contributed by atoms with van der Waals surface area (Å²) in [5.41, 5.74) is 3.91. The smallest absolute Gasteiger partial charge is 0.000223 e. The van der Waals surface area contributed by atoms with Gasteiger partial charge in [-0.2, -0.15) is 0 Å². The Balaban J connectivity index is 2.38. The Kier molecular flexibility index (Phi) is 2.41. The van der Waals surface area contributed by atoms with Gasteiger partial charge in [-0.3, -0.25) is 0 Å². The molecule has 0 saturated heterocycles. The van der Waals surface area contributed by atoms with Crippen molar-refractivity contribution in [3.63, 3.8) is 0 Å². The second-order valence-corrected chi connectivity index (χ2v) is 5.89. The lowest BCUT2D eigenvalue weighted by Gasteiger charge is -2.31. The molecule has 0 radical (unpaired) electrons. The van der Waals surface area contributed by atoms with Gasteiger partial charge in [-0.1, -0.05) is 52.0 Å². The summed E-state index contributed by atoms with van der Waals surface area (Å²) in [6.45, 7) is 9.35. The highest BCUT2D eigenvalue weighted by atomic mass is 14.6. The van der Waals surface area contributed by atoms with E-state index in [0.29, 0.717) is 10.8 Å². The molecule has 1 aliphatic carbocycles. The second kappa shape index (κ2) is 3.37. The minimum absolute atomic E-state index is 0.402. The van der Waals surface area contributed by atoms with Crippen LogP contribution in [0.2, 0.25) is 0 Å². The standard InChI is InChI=1S/C15H22/c1-5-12-7-6-8-13(11-12)15(9-10-15)14(2,3)4/h6-8,11H,5,9-10H2,1-4H3. The molecule has 2 rings (SSSR count). The van der Waals surface area contributed by atoms with Crippen LogP contribution in [0.15, 0.2) is 24.3 Å². The zero-order chi connectivity index (χ0) is 11.1. The van der Waals surface area contributed by atoms with Gasteiger partial charge in [-0.25, -0.2) is 0 Å². The Morgan fingerprint density at radius 1 is 1.20 bits per heavy atom. The fourth-order valence-corrected chi connectivity index (χ4v) is 2.69. The quantitative estimate of drug-likeness (QED) is 0.669. The van der Waals surface area contributed by atoms with Crippen LogP contribution < -0.4 is 0 Å². The van der Waals surface area contributed by atoms with Crippen molar-refractivity contribution in [1.82, 2.24) is 0 Å². The average Bonchev–Trinajstić information content (AvgIpc) is 2.97. The monoisotopic (exact) mass is 202 g/mol. The molecule has 1 aromatic rings. The van der Waals surface area contributed by atoms with E-state index in [-0.39, 0.29) is 0 Å². The largest absolute Gasteiger partial charge is 0.0617 e. The zero-order valence-corrected chi connectivity index (χ0v) is 10.4. The first-order valence-electron chi connectivity index (χ1n) is 6.09. The Morgan fingerprint density at radius 3 is 2.33 bits per heavy atom. The first-order valence-corrected chi connectivity index (χ1v) is 6.09. The Labute approximate surface area is 93.7 Å². The van der Waals surface area contributed by atoms with E-state index in [0.717, 1.165) is 6.42 Å². The molecule has 0 nitrogen and oxygen atoms in total. The van der Waals surface area contributed by atoms with Crippen molar-refractivity contribution in [2.24, 2.45) is 5.41 Å². The maximum atomic E-state index is 2.41. The third kappa shape index (κ3) is 1.71. The van der Waals surface area contributed by atoms with Gasteiger partial charge in [0.2, 0.25) is 0 Å². The molecular weight excluding hydrogens is 180 g/mol. The summed E-state index contributed by atoms with van der Waals surface area (Å²) < 4.78 is 0. The summed E-state index contributed by atoms with van der Waals surface area (Å²) in [5, 5.41) is 0. The molecule has 15 heavy (non-hydrogen) atoms. The van der Waals surface area contributed by atoms with Crippen LogP contribution in [0.1, 0.15) is 51.7 Å². The maximum Gasteiger partial charge on any atom is 0.000223 e. The topological polar surface area (TPSA) is 0 Å². The van der Waals surface area contributed by atoms with Crippen LogP contribution in [0.3, 0.4) is 0 Å².